The predicted molar refractivity (Wildman–Crippen MR) is 114 cm³/mol. The van der Waals surface area contributed by atoms with Gasteiger partial charge in [0.2, 0.25) is 0 Å². The third-order valence-corrected chi connectivity index (χ3v) is 4.80. The van der Waals surface area contributed by atoms with Crippen LogP contribution in [-0.4, -0.2) is 49.0 Å². The number of nitrogens with one attached hydrogen (secondary N) is 1. The van der Waals surface area contributed by atoms with Gasteiger partial charge < -0.3 is 24.4 Å². The number of carbonyl (C=O) groups is 3. The Labute approximate surface area is 181 Å². The van der Waals surface area contributed by atoms with Crippen molar-refractivity contribution in [2.75, 3.05) is 25.6 Å². The van der Waals surface area contributed by atoms with Crippen LogP contribution < -0.4 is 14.8 Å². The Morgan fingerprint density at radius 2 is 2.00 bits per heavy atom. The second-order valence-corrected chi connectivity index (χ2v) is 7.23. The van der Waals surface area contributed by atoms with Gasteiger partial charge in [0.1, 0.15) is 11.5 Å². The van der Waals surface area contributed by atoms with Crippen LogP contribution in [0.15, 0.2) is 42.5 Å². The van der Waals surface area contributed by atoms with Crippen LogP contribution in [0.3, 0.4) is 0 Å². The Morgan fingerprint density at radius 3 is 2.74 bits per heavy atom. The molecule has 1 unspecified atom stereocenters. The Balaban J connectivity index is 1.80. The lowest BCUT2D eigenvalue weighted by Gasteiger charge is -2.22. The summed E-state index contributed by atoms with van der Waals surface area (Å²) in [5.41, 5.74) is 1.58. The van der Waals surface area contributed by atoms with Crippen molar-refractivity contribution < 1.29 is 28.6 Å². The highest BCUT2D eigenvalue weighted by atomic mass is 16.5. The Morgan fingerprint density at radius 1 is 1.23 bits per heavy atom. The van der Waals surface area contributed by atoms with E-state index in [2.05, 4.69) is 5.32 Å². The van der Waals surface area contributed by atoms with Gasteiger partial charge in [0.25, 0.3) is 11.8 Å². The molecule has 1 N–H and O–H groups in total. The number of carbonyl (C=O) groups excluding carboxylic acids is 3. The van der Waals surface area contributed by atoms with E-state index in [4.69, 9.17) is 14.2 Å². The van der Waals surface area contributed by atoms with Gasteiger partial charge in [-0.25, -0.2) is 0 Å². The molecule has 1 atom stereocenters. The molecule has 0 saturated carbocycles. The number of amides is 2. The van der Waals surface area contributed by atoms with E-state index >= 15 is 0 Å². The second-order valence-electron chi connectivity index (χ2n) is 7.23. The quantitative estimate of drug-likeness (QED) is 0.416. The highest BCUT2D eigenvalue weighted by molar-refractivity contribution is 6.06. The molecule has 0 aliphatic carbocycles. The normalized spacial score (nSPS) is 15.5. The number of nitrogens with zero attached hydrogens (tertiary/aromatic N) is 1. The third-order valence-electron chi connectivity index (χ3n) is 4.80. The van der Waals surface area contributed by atoms with Crippen LogP contribution in [0, 0.1) is 0 Å². The Bertz CT molecular complexity index is 974. The number of ether oxygens (including phenoxy) is 3. The zero-order valence-corrected chi connectivity index (χ0v) is 17.8. The van der Waals surface area contributed by atoms with Crippen molar-refractivity contribution in [2.45, 2.75) is 32.9 Å². The lowest BCUT2D eigenvalue weighted by atomic mass is 10.1. The molecule has 0 radical (unpaired) electrons. The first-order valence-corrected chi connectivity index (χ1v) is 10.0. The molecule has 164 valence electrons. The van der Waals surface area contributed by atoms with Crippen molar-refractivity contribution >= 4 is 23.5 Å². The number of fused-ring (bicyclic) bond motifs is 1. The molecule has 0 aromatic heterocycles. The van der Waals surface area contributed by atoms with Crippen LogP contribution in [0.25, 0.3) is 0 Å². The first kappa shape index (κ1) is 22.3. The van der Waals surface area contributed by atoms with E-state index in [1.807, 2.05) is 0 Å². The van der Waals surface area contributed by atoms with Gasteiger partial charge in [-0.1, -0.05) is 12.1 Å². The standard InChI is InChI=1S/C23H26N2O6/c1-15-23(28)25(11-6-12-29-3)14-17-13-18(9-10-20(17)30-15)24-22(27)19-7-4-5-8-21(19)31-16(2)26/h4-5,7-10,13,15H,6,11-12,14H2,1-3H3,(H,24,27). The largest absolute Gasteiger partial charge is 0.481 e. The zero-order valence-electron chi connectivity index (χ0n) is 17.8. The molecular formula is C23H26N2O6. The summed E-state index contributed by atoms with van der Waals surface area (Å²) in [7, 11) is 1.62. The molecule has 8 nitrogen and oxygen atoms in total. The number of anilines is 1. The lowest BCUT2D eigenvalue weighted by Crippen LogP contribution is -2.38. The number of hydrogen-bond donors (Lipinski definition) is 1. The number of para-hydroxylation sites is 1. The van der Waals surface area contributed by atoms with Gasteiger partial charge >= 0.3 is 5.97 Å². The molecule has 0 spiro atoms. The maximum absolute atomic E-state index is 12.8. The molecule has 0 fully saturated rings. The SMILES string of the molecule is COCCCN1Cc2cc(NC(=O)c3ccccc3OC(C)=O)ccc2OC(C)C1=O. The predicted octanol–water partition coefficient (Wildman–Crippen LogP) is 3.01. The summed E-state index contributed by atoms with van der Waals surface area (Å²) >= 11 is 0. The van der Waals surface area contributed by atoms with Gasteiger partial charge in [-0.3, -0.25) is 14.4 Å². The fourth-order valence-electron chi connectivity index (χ4n) is 3.36. The van der Waals surface area contributed by atoms with Crippen molar-refractivity contribution in [3.05, 3.63) is 53.6 Å². The van der Waals surface area contributed by atoms with Crippen LogP contribution in [-0.2, 0) is 20.9 Å². The number of methoxy groups -OCH3 is 1. The highest BCUT2D eigenvalue weighted by Crippen LogP contribution is 2.29. The average Bonchev–Trinajstić information content (AvgIpc) is 2.85. The molecular weight excluding hydrogens is 400 g/mol. The van der Waals surface area contributed by atoms with Gasteiger partial charge in [0.15, 0.2) is 6.10 Å². The van der Waals surface area contributed by atoms with Crippen molar-refractivity contribution in [1.82, 2.24) is 4.90 Å². The molecule has 2 aromatic carbocycles. The first-order valence-electron chi connectivity index (χ1n) is 10.0. The Kier molecular flexibility index (Phi) is 7.25. The van der Waals surface area contributed by atoms with E-state index in [9.17, 15) is 14.4 Å². The number of esters is 1. The summed E-state index contributed by atoms with van der Waals surface area (Å²) in [5, 5.41) is 2.82. The monoisotopic (exact) mass is 426 g/mol. The van der Waals surface area contributed by atoms with E-state index in [-0.39, 0.29) is 17.2 Å². The molecule has 1 heterocycles. The molecule has 2 aromatic rings. The lowest BCUT2D eigenvalue weighted by molar-refractivity contribution is -0.137. The van der Waals surface area contributed by atoms with E-state index in [1.165, 1.54) is 6.92 Å². The van der Waals surface area contributed by atoms with Crippen LogP contribution in [0.2, 0.25) is 0 Å². The first-order chi connectivity index (χ1) is 14.9. The van der Waals surface area contributed by atoms with Gasteiger partial charge in [-0.05, 0) is 43.7 Å². The van der Waals surface area contributed by atoms with E-state index in [1.54, 1.807) is 61.4 Å². The van der Waals surface area contributed by atoms with Gasteiger partial charge in [-0.2, -0.15) is 0 Å². The van der Waals surface area contributed by atoms with Gasteiger partial charge in [0.05, 0.1) is 5.56 Å². The molecule has 3 rings (SSSR count). The molecule has 8 heteroatoms. The topological polar surface area (TPSA) is 94.2 Å². The highest BCUT2D eigenvalue weighted by Gasteiger charge is 2.27. The zero-order chi connectivity index (χ0) is 22.4. The number of hydrogen-bond acceptors (Lipinski definition) is 6. The summed E-state index contributed by atoms with van der Waals surface area (Å²) < 4.78 is 16.0. The molecule has 1 aliphatic heterocycles. The maximum atomic E-state index is 12.8. The maximum Gasteiger partial charge on any atom is 0.308 e. The molecule has 2 amide bonds. The van der Waals surface area contributed by atoms with Crippen LogP contribution >= 0.6 is 0 Å². The third kappa shape index (κ3) is 5.61. The van der Waals surface area contributed by atoms with Gasteiger partial charge in [-0.15, -0.1) is 0 Å². The average molecular weight is 426 g/mol. The number of benzene rings is 2. The molecule has 31 heavy (non-hydrogen) atoms. The van der Waals surface area contributed by atoms with Crippen LogP contribution in [0.1, 0.15) is 36.2 Å². The second kappa shape index (κ2) is 10.1. The smallest absolute Gasteiger partial charge is 0.308 e. The summed E-state index contributed by atoms with van der Waals surface area (Å²) in [6.45, 7) is 4.48. The molecule has 0 bridgehead atoms. The van der Waals surface area contributed by atoms with Gasteiger partial charge in [0, 0.05) is 45.0 Å². The van der Waals surface area contributed by atoms with E-state index in [0.717, 1.165) is 5.56 Å². The van der Waals surface area contributed by atoms with Crippen LogP contribution in [0.5, 0.6) is 11.5 Å². The molecule has 0 saturated heterocycles. The fraction of sp³-hybridized carbons (Fsp3) is 0.348. The van der Waals surface area contributed by atoms with Crippen molar-refractivity contribution in [3.63, 3.8) is 0 Å². The van der Waals surface area contributed by atoms with Crippen molar-refractivity contribution in [1.29, 1.82) is 0 Å². The minimum absolute atomic E-state index is 0.0896. The summed E-state index contributed by atoms with van der Waals surface area (Å²) in [6.07, 6.45) is 0.119. The minimum atomic E-state index is -0.597. The summed E-state index contributed by atoms with van der Waals surface area (Å²) in [5.74, 6) is -0.210. The summed E-state index contributed by atoms with van der Waals surface area (Å²) in [6, 6.07) is 11.8. The fourth-order valence-corrected chi connectivity index (χ4v) is 3.36. The summed E-state index contributed by atoms with van der Waals surface area (Å²) in [4.78, 5) is 38.5. The Hall–Kier alpha value is -3.39. The number of rotatable bonds is 7. The van der Waals surface area contributed by atoms with Crippen molar-refractivity contribution in [3.8, 4) is 11.5 Å². The van der Waals surface area contributed by atoms with Crippen molar-refractivity contribution in [2.24, 2.45) is 0 Å². The molecule has 1 aliphatic rings. The minimum Gasteiger partial charge on any atom is -0.481 e. The van der Waals surface area contributed by atoms with Crippen LogP contribution in [0.4, 0.5) is 5.69 Å². The van der Waals surface area contributed by atoms with E-state index in [0.29, 0.717) is 37.6 Å². The van der Waals surface area contributed by atoms with E-state index < -0.39 is 18.0 Å².